The number of nitrogens with zero attached hydrogens (tertiary/aromatic N) is 5. The number of rotatable bonds is 5. The van der Waals surface area contributed by atoms with Crippen LogP contribution >= 0.6 is 0 Å². The van der Waals surface area contributed by atoms with E-state index in [4.69, 9.17) is 4.98 Å². The standard InChI is InChI=1S/C21H20FN5O2S/c1-13(2)12-17-20-26-18(14-4-6-15(22)7-5-14)19(27(20)11-10-23-17)16-8-9-24-21(25-16)30(3,28)29/h4-11,13H,12H2,1-3H3. The van der Waals surface area contributed by atoms with Crippen LogP contribution in [0.3, 0.4) is 0 Å². The van der Waals surface area contributed by atoms with Crippen molar-refractivity contribution < 1.29 is 12.8 Å². The highest BCUT2D eigenvalue weighted by molar-refractivity contribution is 7.90. The van der Waals surface area contributed by atoms with Gasteiger partial charge in [-0.3, -0.25) is 9.38 Å². The van der Waals surface area contributed by atoms with E-state index >= 15 is 0 Å². The van der Waals surface area contributed by atoms with E-state index in [1.54, 1.807) is 30.6 Å². The van der Waals surface area contributed by atoms with E-state index in [1.165, 1.54) is 18.3 Å². The lowest BCUT2D eigenvalue weighted by atomic mass is 10.1. The molecule has 0 fully saturated rings. The zero-order valence-corrected chi connectivity index (χ0v) is 17.6. The Bertz CT molecular complexity index is 1330. The van der Waals surface area contributed by atoms with E-state index < -0.39 is 9.84 Å². The minimum Gasteiger partial charge on any atom is -0.295 e. The van der Waals surface area contributed by atoms with Gasteiger partial charge in [0, 0.05) is 30.4 Å². The topological polar surface area (TPSA) is 90.1 Å². The third kappa shape index (κ3) is 3.80. The summed E-state index contributed by atoms with van der Waals surface area (Å²) >= 11 is 0. The van der Waals surface area contributed by atoms with Gasteiger partial charge in [-0.05, 0) is 42.7 Å². The maximum Gasteiger partial charge on any atom is 0.247 e. The van der Waals surface area contributed by atoms with Crippen LogP contribution in [0, 0.1) is 11.7 Å². The maximum absolute atomic E-state index is 13.5. The zero-order chi connectivity index (χ0) is 21.5. The van der Waals surface area contributed by atoms with Crippen LogP contribution in [0.15, 0.2) is 54.1 Å². The number of benzene rings is 1. The van der Waals surface area contributed by atoms with Crippen molar-refractivity contribution >= 4 is 15.5 Å². The minimum atomic E-state index is -3.59. The fourth-order valence-corrected chi connectivity index (χ4v) is 3.78. The lowest BCUT2D eigenvalue weighted by molar-refractivity contribution is 0.593. The number of imidazole rings is 1. The predicted molar refractivity (Wildman–Crippen MR) is 111 cm³/mol. The molecule has 0 aliphatic rings. The minimum absolute atomic E-state index is 0.267. The van der Waals surface area contributed by atoms with Crippen LogP contribution in [0.5, 0.6) is 0 Å². The molecule has 0 radical (unpaired) electrons. The van der Waals surface area contributed by atoms with Gasteiger partial charge in [0.15, 0.2) is 5.65 Å². The molecule has 0 aliphatic heterocycles. The lowest BCUT2D eigenvalue weighted by Gasteiger charge is -2.08. The Morgan fingerprint density at radius 3 is 2.43 bits per heavy atom. The quantitative estimate of drug-likeness (QED) is 0.454. The third-order valence-corrected chi connectivity index (χ3v) is 5.40. The number of fused-ring (bicyclic) bond motifs is 1. The van der Waals surface area contributed by atoms with Gasteiger partial charge in [0.25, 0.3) is 0 Å². The lowest BCUT2D eigenvalue weighted by Crippen LogP contribution is -2.05. The first-order valence-electron chi connectivity index (χ1n) is 9.39. The molecule has 1 aromatic carbocycles. The Morgan fingerprint density at radius 2 is 1.77 bits per heavy atom. The van der Waals surface area contributed by atoms with Gasteiger partial charge >= 0.3 is 0 Å². The van der Waals surface area contributed by atoms with Crippen molar-refractivity contribution in [1.29, 1.82) is 0 Å². The van der Waals surface area contributed by atoms with Crippen molar-refractivity contribution in [3.05, 3.63) is 60.4 Å². The average molecular weight is 425 g/mol. The molecule has 3 aromatic heterocycles. The van der Waals surface area contributed by atoms with E-state index in [-0.39, 0.29) is 11.0 Å². The number of aromatic nitrogens is 5. The summed E-state index contributed by atoms with van der Waals surface area (Å²) in [6.07, 6.45) is 6.64. The molecule has 9 heteroatoms. The Labute approximate surface area is 173 Å². The summed E-state index contributed by atoms with van der Waals surface area (Å²) < 4.78 is 39.3. The molecule has 4 aromatic rings. The van der Waals surface area contributed by atoms with Crippen molar-refractivity contribution in [3.63, 3.8) is 0 Å². The summed E-state index contributed by atoms with van der Waals surface area (Å²) in [6, 6.07) is 7.62. The van der Waals surface area contributed by atoms with Gasteiger partial charge in [-0.25, -0.2) is 27.8 Å². The molecule has 0 saturated heterocycles. The molecule has 3 heterocycles. The highest BCUT2D eigenvalue weighted by Gasteiger charge is 2.21. The second-order valence-electron chi connectivity index (χ2n) is 7.48. The third-order valence-electron chi connectivity index (χ3n) is 4.54. The summed E-state index contributed by atoms with van der Waals surface area (Å²) in [6.45, 7) is 4.19. The first-order chi connectivity index (χ1) is 14.2. The van der Waals surface area contributed by atoms with Crippen molar-refractivity contribution in [2.75, 3.05) is 6.26 Å². The largest absolute Gasteiger partial charge is 0.295 e. The van der Waals surface area contributed by atoms with Crippen LogP contribution in [0.2, 0.25) is 0 Å². The highest BCUT2D eigenvalue weighted by atomic mass is 32.2. The van der Waals surface area contributed by atoms with Gasteiger partial charge in [-0.1, -0.05) is 13.8 Å². The van der Waals surface area contributed by atoms with Crippen LogP contribution in [-0.4, -0.2) is 39.0 Å². The summed E-state index contributed by atoms with van der Waals surface area (Å²) in [5.41, 5.74) is 3.71. The normalized spacial score (nSPS) is 12.0. The van der Waals surface area contributed by atoms with Crippen molar-refractivity contribution in [1.82, 2.24) is 24.3 Å². The van der Waals surface area contributed by atoms with Crippen molar-refractivity contribution in [2.45, 2.75) is 25.4 Å². The van der Waals surface area contributed by atoms with E-state index in [9.17, 15) is 12.8 Å². The fourth-order valence-electron chi connectivity index (χ4n) is 3.26. The maximum atomic E-state index is 13.5. The molecule has 0 spiro atoms. The van der Waals surface area contributed by atoms with Gasteiger partial charge < -0.3 is 0 Å². The highest BCUT2D eigenvalue weighted by Crippen LogP contribution is 2.33. The Kier molecular flexibility index (Phi) is 5.07. The van der Waals surface area contributed by atoms with Gasteiger partial charge in [-0.15, -0.1) is 0 Å². The number of hydrogen-bond acceptors (Lipinski definition) is 6. The zero-order valence-electron chi connectivity index (χ0n) is 16.7. The molecule has 0 aliphatic carbocycles. The smallest absolute Gasteiger partial charge is 0.247 e. The van der Waals surface area contributed by atoms with E-state index in [0.717, 1.165) is 18.4 Å². The monoisotopic (exact) mass is 425 g/mol. The van der Waals surface area contributed by atoms with E-state index in [1.807, 2.05) is 4.40 Å². The molecule has 0 amide bonds. The van der Waals surface area contributed by atoms with Crippen molar-refractivity contribution in [3.8, 4) is 22.6 Å². The molecular weight excluding hydrogens is 405 g/mol. The molecule has 154 valence electrons. The van der Waals surface area contributed by atoms with Crippen LogP contribution < -0.4 is 0 Å². The molecule has 0 unspecified atom stereocenters. The summed E-state index contributed by atoms with van der Waals surface area (Å²) in [7, 11) is -3.59. The molecule has 30 heavy (non-hydrogen) atoms. The average Bonchev–Trinajstić information content (AvgIpc) is 3.08. The predicted octanol–water partition coefficient (Wildman–Crippen LogP) is 3.59. The second kappa shape index (κ2) is 7.56. The first-order valence-corrected chi connectivity index (χ1v) is 11.3. The van der Waals surface area contributed by atoms with Crippen LogP contribution in [-0.2, 0) is 16.3 Å². The van der Waals surface area contributed by atoms with Gasteiger partial charge in [0.2, 0.25) is 15.0 Å². The molecule has 0 N–H and O–H groups in total. The summed E-state index contributed by atoms with van der Waals surface area (Å²) in [5, 5.41) is -0.267. The fraction of sp³-hybridized carbons (Fsp3) is 0.238. The molecule has 0 saturated carbocycles. The van der Waals surface area contributed by atoms with E-state index in [0.29, 0.717) is 34.2 Å². The van der Waals surface area contributed by atoms with Crippen molar-refractivity contribution in [2.24, 2.45) is 5.92 Å². The van der Waals surface area contributed by atoms with Gasteiger partial charge in [0.05, 0.1) is 22.8 Å². The molecule has 0 bridgehead atoms. The van der Waals surface area contributed by atoms with Crippen LogP contribution in [0.1, 0.15) is 19.5 Å². The number of halogens is 1. The van der Waals surface area contributed by atoms with E-state index in [2.05, 4.69) is 28.8 Å². The Morgan fingerprint density at radius 1 is 1.03 bits per heavy atom. The SMILES string of the molecule is CC(C)Cc1nccn2c(-c3ccnc(S(C)(=O)=O)n3)c(-c3ccc(F)cc3)nc12. The molecule has 7 nitrogen and oxygen atoms in total. The Balaban J connectivity index is 2.04. The number of sulfone groups is 1. The summed E-state index contributed by atoms with van der Waals surface area (Å²) in [5.74, 6) is 0.0154. The van der Waals surface area contributed by atoms with Gasteiger partial charge in [-0.2, -0.15) is 0 Å². The van der Waals surface area contributed by atoms with Crippen LogP contribution in [0.25, 0.3) is 28.3 Å². The molecular formula is C21H20FN5O2S. The van der Waals surface area contributed by atoms with Gasteiger partial charge in [0.1, 0.15) is 5.82 Å². The summed E-state index contributed by atoms with van der Waals surface area (Å²) in [4.78, 5) is 17.4. The molecule has 0 atom stereocenters. The number of hydrogen-bond donors (Lipinski definition) is 0. The Hall–Kier alpha value is -3.20. The first kappa shape index (κ1) is 20.1. The second-order valence-corrected chi connectivity index (χ2v) is 9.39. The van der Waals surface area contributed by atoms with Crippen LogP contribution in [0.4, 0.5) is 4.39 Å². The molecule has 4 rings (SSSR count).